The molecule has 0 spiro atoms. The molecule has 1 aromatic heterocycles. The highest BCUT2D eigenvalue weighted by molar-refractivity contribution is 6.39. The number of imide groups is 2. The average Bonchev–Trinajstić information content (AvgIpc) is 2.98. The summed E-state index contributed by atoms with van der Waals surface area (Å²) in [4.78, 5) is 39.4. The Morgan fingerprint density at radius 3 is 2.00 bits per heavy atom. The number of hydrogen-bond donors (Lipinski definition) is 1. The van der Waals surface area contributed by atoms with E-state index in [1.807, 2.05) is 71.0 Å². The van der Waals surface area contributed by atoms with E-state index in [1.54, 1.807) is 18.2 Å². The van der Waals surface area contributed by atoms with Crippen molar-refractivity contribution in [2.45, 2.75) is 34.6 Å². The second kappa shape index (κ2) is 7.96. The minimum absolute atomic E-state index is 0.0760. The van der Waals surface area contributed by atoms with Crippen molar-refractivity contribution in [2.75, 3.05) is 4.90 Å². The molecule has 2 heterocycles. The van der Waals surface area contributed by atoms with Crippen LogP contribution in [0, 0.1) is 34.6 Å². The summed E-state index contributed by atoms with van der Waals surface area (Å²) in [6.07, 6.45) is 1.56. The third kappa shape index (κ3) is 3.75. The molecule has 6 heteroatoms. The standard InChI is InChI=1S/C26H25N3O3/c1-15-6-8-21(9-7-15)28-18(4)13-20(19(28)5)14-23-24(30)27-26(32)29(25(23)31)22-11-16(2)10-17(3)12-22/h6-14H,1-5H3,(H,27,30,32)/b23-14-. The first-order chi connectivity index (χ1) is 15.2. The largest absolute Gasteiger partial charge is 0.335 e. The Labute approximate surface area is 187 Å². The molecule has 1 saturated heterocycles. The maximum absolute atomic E-state index is 13.3. The highest BCUT2D eigenvalue weighted by atomic mass is 16.2. The molecule has 4 rings (SSSR count). The maximum atomic E-state index is 13.3. The predicted octanol–water partition coefficient (Wildman–Crippen LogP) is 4.69. The topological polar surface area (TPSA) is 71.4 Å². The van der Waals surface area contributed by atoms with Crippen molar-refractivity contribution in [3.63, 3.8) is 0 Å². The Balaban J connectivity index is 1.77. The number of rotatable bonds is 3. The number of barbiturate groups is 1. The monoisotopic (exact) mass is 427 g/mol. The quantitative estimate of drug-likeness (QED) is 0.487. The fraction of sp³-hybridized carbons (Fsp3) is 0.192. The van der Waals surface area contributed by atoms with Crippen molar-refractivity contribution in [1.82, 2.24) is 9.88 Å². The van der Waals surface area contributed by atoms with Crippen LogP contribution in [0.25, 0.3) is 11.8 Å². The molecule has 1 N–H and O–H groups in total. The number of benzene rings is 2. The molecule has 1 fully saturated rings. The zero-order valence-electron chi connectivity index (χ0n) is 18.8. The lowest BCUT2D eigenvalue weighted by Gasteiger charge is -2.27. The second-order valence-corrected chi connectivity index (χ2v) is 8.30. The van der Waals surface area contributed by atoms with Gasteiger partial charge in [-0.05, 0) is 87.7 Å². The van der Waals surface area contributed by atoms with Gasteiger partial charge in [-0.3, -0.25) is 14.9 Å². The molecule has 162 valence electrons. The van der Waals surface area contributed by atoms with E-state index in [2.05, 4.69) is 9.88 Å². The SMILES string of the molecule is Cc1ccc(-n2c(C)cc(/C=C3/C(=O)NC(=O)N(c4cc(C)cc(C)c4)C3=O)c2C)cc1. The second-order valence-electron chi connectivity index (χ2n) is 8.30. The number of carbonyl (C=O) groups is 3. The molecule has 0 bridgehead atoms. The highest BCUT2D eigenvalue weighted by Crippen LogP contribution is 2.27. The number of anilines is 1. The predicted molar refractivity (Wildman–Crippen MR) is 125 cm³/mol. The van der Waals surface area contributed by atoms with Crippen LogP contribution in [0.5, 0.6) is 0 Å². The molecule has 3 aromatic rings. The molecule has 0 unspecified atom stereocenters. The van der Waals surface area contributed by atoms with Crippen LogP contribution in [0.1, 0.15) is 33.6 Å². The number of amides is 4. The molecule has 4 amide bonds. The van der Waals surface area contributed by atoms with E-state index in [1.165, 1.54) is 5.56 Å². The van der Waals surface area contributed by atoms with Gasteiger partial charge in [0.2, 0.25) is 0 Å². The van der Waals surface area contributed by atoms with E-state index in [9.17, 15) is 14.4 Å². The summed E-state index contributed by atoms with van der Waals surface area (Å²) in [5.74, 6) is -1.33. The van der Waals surface area contributed by atoms with Gasteiger partial charge in [0.25, 0.3) is 11.8 Å². The fourth-order valence-electron chi connectivity index (χ4n) is 4.15. The highest BCUT2D eigenvalue weighted by Gasteiger charge is 2.37. The Bertz CT molecular complexity index is 1280. The third-order valence-corrected chi connectivity index (χ3v) is 5.63. The molecule has 1 aliphatic rings. The number of nitrogens with zero attached hydrogens (tertiary/aromatic N) is 2. The molecule has 0 saturated carbocycles. The lowest BCUT2D eigenvalue weighted by Crippen LogP contribution is -2.54. The van der Waals surface area contributed by atoms with Gasteiger partial charge < -0.3 is 4.57 Å². The molecule has 0 radical (unpaired) electrons. The van der Waals surface area contributed by atoms with Gasteiger partial charge in [0.1, 0.15) is 5.57 Å². The van der Waals surface area contributed by atoms with E-state index < -0.39 is 17.8 Å². The summed E-state index contributed by atoms with van der Waals surface area (Å²) in [6.45, 7) is 9.74. The summed E-state index contributed by atoms with van der Waals surface area (Å²) < 4.78 is 2.07. The van der Waals surface area contributed by atoms with Crippen LogP contribution in [-0.4, -0.2) is 22.4 Å². The van der Waals surface area contributed by atoms with Crippen LogP contribution in [0.2, 0.25) is 0 Å². The lowest BCUT2D eigenvalue weighted by atomic mass is 10.1. The zero-order chi connectivity index (χ0) is 23.2. The van der Waals surface area contributed by atoms with Crippen molar-refractivity contribution in [3.05, 3.63) is 87.7 Å². The number of aromatic nitrogens is 1. The van der Waals surface area contributed by atoms with E-state index >= 15 is 0 Å². The molecular formula is C26H25N3O3. The van der Waals surface area contributed by atoms with Gasteiger partial charge in [-0.2, -0.15) is 0 Å². The minimum atomic E-state index is -0.743. The third-order valence-electron chi connectivity index (χ3n) is 5.63. The van der Waals surface area contributed by atoms with Crippen LogP contribution in [0.3, 0.4) is 0 Å². The summed E-state index contributed by atoms with van der Waals surface area (Å²) in [5, 5.41) is 2.30. The van der Waals surface area contributed by atoms with Crippen LogP contribution in [0.4, 0.5) is 10.5 Å². The maximum Gasteiger partial charge on any atom is 0.335 e. The summed E-state index contributed by atoms with van der Waals surface area (Å²) in [6, 6.07) is 14.8. The number of nitrogens with one attached hydrogen (secondary N) is 1. The van der Waals surface area contributed by atoms with Gasteiger partial charge in [-0.25, -0.2) is 9.69 Å². The van der Waals surface area contributed by atoms with Crippen LogP contribution >= 0.6 is 0 Å². The normalized spacial score (nSPS) is 15.5. The molecule has 2 aromatic carbocycles. The van der Waals surface area contributed by atoms with Gasteiger partial charge in [0.15, 0.2) is 0 Å². The van der Waals surface area contributed by atoms with Crippen molar-refractivity contribution in [2.24, 2.45) is 0 Å². The number of aryl methyl sites for hydroxylation is 4. The zero-order valence-corrected chi connectivity index (χ0v) is 18.8. The smallest absolute Gasteiger partial charge is 0.318 e. The van der Waals surface area contributed by atoms with E-state index in [4.69, 9.17) is 0 Å². The van der Waals surface area contributed by atoms with Gasteiger partial charge in [0.05, 0.1) is 5.69 Å². The van der Waals surface area contributed by atoms with Crippen molar-refractivity contribution < 1.29 is 14.4 Å². The van der Waals surface area contributed by atoms with Crippen molar-refractivity contribution in [1.29, 1.82) is 0 Å². The van der Waals surface area contributed by atoms with Crippen LogP contribution in [0.15, 0.2) is 54.1 Å². The molecule has 0 aliphatic carbocycles. The molecule has 0 atom stereocenters. The Morgan fingerprint density at radius 1 is 0.750 bits per heavy atom. The van der Waals surface area contributed by atoms with Crippen LogP contribution < -0.4 is 10.2 Å². The molecular weight excluding hydrogens is 402 g/mol. The average molecular weight is 428 g/mol. The minimum Gasteiger partial charge on any atom is -0.318 e. The first kappa shape index (κ1) is 21.3. The summed E-state index contributed by atoms with van der Waals surface area (Å²) in [5.41, 5.74) is 6.99. The van der Waals surface area contributed by atoms with Gasteiger partial charge >= 0.3 is 6.03 Å². The number of carbonyl (C=O) groups excluding carboxylic acids is 3. The Kier molecular flexibility index (Phi) is 5.30. The Hall–Kier alpha value is -3.93. The summed E-state index contributed by atoms with van der Waals surface area (Å²) in [7, 11) is 0. The summed E-state index contributed by atoms with van der Waals surface area (Å²) >= 11 is 0. The van der Waals surface area contributed by atoms with Gasteiger partial charge in [-0.15, -0.1) is 0 Å². The lowest BCUT2D eigenvalue weighted by molar-refractivity contribution is -0.122. The number of urea groups is 1. The van der Waals surface area contributed by atoms with E-state index in [-0.39, 0.29) is 5.57 Å². The van der Waals surface area contributed by atoms with Crippen molar-refractivity contribution in [3.8, 4) is 5.69 Å². The molecule has 32 heavy (non-hydrogen) atoms. The Morgan fingerprint density at radius 2 is 1.38 bits per heavy atom. The van der Waals surface area contributed by atoms with Gasteiger partial charge in [0, 0.05) is 17.1 Å². The number of hydrogen-bond acceptors (Lipinski definition) is 3. The van der Waals surface area contributed by atoms with Crippen molar-refractivity contribution >= 4 is 29.6 Å². The van der Waals surface area contributed by atoms with E-state index in [0.29, 0.717) is 5.69 Å². The van der Waals surface area contributed by atoms with E-state index in [0.717, 1.165) is 38.7 Å². The van der Waals surface area contributed by atoms with Gasteiger partial charge in [-0.1, -0.05) is 23.8 Å². The van der Waals surface area contributed by atoms with Crippen LogP contribution in [-0.2, 0) is 9.59 Å². The fourth-order valence-corrected chi connectivity index (χ4v) is 4.15. The first-order valence-electron chi connectivity index (χ1n) is 10.4. The first-order valence-corrected chi connectivity index (χ1v) is 10.4. The molecule has 6 nitrogen and oxygen atoms in total. The molecule has 1 aliphatic heterocycles.